The first-order valence-corrected chi connectivity index (χ1v) is 3.90. The summed E-state index contributed by atoms with van der Waals surface area (Å²) in [7, 11) is 0. The van der Waals surface area contributed by atoms with Crippen molar-refractivity contribution in [1.29, 1.82) is 0 Å². The van der Waals surface area contributed by atoms with E-state index in [0.717, 1.165) is 6.07 Å². The van der Waals surface area contributed by atoms with Crippen molar-refractivity contribution in [1.82, 2.24) is 0 Å². The van der Waals surface area contributed by atoms with E-state index < -0.39 is 11.8 Å². The number of hydrogen-bond donors (Lipinski definition) is 2. The molecule has 0 radical (unpaired) electrons. The fourth-order valence-corrected chi connectivity index (χ4v) is 1.01. The molecule has 78 valence electrons. The van der Waals surface area contributed by atoms with Crippen molar-refractivity contribution in [3.63, 3.8) is 0 Å². The van der Waals surface area contributed by atoms with E-state index in [1.54, 1.807) is 0 Å². The lowest BCUT2D eigenvalue weighted by atomic mass is 9.95. The Kier molecular flexibility index (Phi) is 2.45. The number of hydrogen-bond acceptors (Lipinski definition) is 2. The second kappa shape index (κ2) is 3.16. The molecular formula is C9H10F3NO. The maximum Gasteiger partial charge on any atom is 0.421 e. The highest BCUT2D eigenvalue weighted by molar-refractivity contribution is 5.42. The first-order chi connectivity index (χ1) is 6.25. The van der Waals surface area contributed by atoms with Crippen molar-refractivity contribution in [2.75, 3.05) is 5.73 Å². The highest BCUT2D eigenvalue weighted by Crippen LogP contribution is 2.38. The number of alkyl halides is 3. The zero-order chi connectivity index (χ0) is 11.0. The molecule has 0 saturated heterocycles. The molecule has 0 unspecified atom stereocenters. The maximum absolute atomic E-state index is 12.4. The summed E-state index contributed by atoms with van der Waals surface area (Å²) in [6, 6.07) is 5.11. The second-order valence-corrected chi connectivity index (χ2v) is 3.20. The van der Waals surface area contributed by atoms with Gasteiger partial charge in [0.2, 0.25) is 0 Å². The van der Waals surface area contributed by atoms with Crippen LogP contribution < -0.4 is 5.73 Å². The first kappa shape index (κ1) is 10.8. The Bertz CT molecular complexity index is 333. The highest BCUT2D eigenvalue weighted by atomic mass is 19.4. The molecule has 0 bridgehead atoms. The van der Waals surface area contributed by atoms with Crippen LogP contribution in [0.1, 0.15) is 12.5 Å². The number of nitrogens with two attached hydrogens (primary N) is 1. The summed E-state index contributed by atoms with van der Waals surface area (Å²) in [5.74, 6) is 0. The van der Waals surface area contributed by atoms with Gasteiger partial charge in [0.1, 0.15) is 0 Å². The van der Waals surface area contributed by atoms with Gasteiger partial charge in [-0.25, -0.2) is 0 Å². The van der Waals surface area contributed by atoms with Crippen LogP contribution in [0.5, 0.6) is 0 Å². The van der Waals surface area contributed by atoms with Gasteiger partial charge >= 0.3 is 6.18 Å². The first-order valence-electron chi connectivity index (χ1n) is 3.90. The Hall–Kier alpha value is -1.23. The largest absolute Gasteiger partial charge is 0.421 e. The molecule has 1 atom stereocenters. The van der Waals surface area contributed by atoms with Gasteiger partial charge in [-0.1, -0.05) is 12.1 Å². The Morgan fingerprint density at radius 2 is 1.86 bits per heavy atom. The monoisotopic (exact) mass is 205 g/mol. The molecule has 0 aliphatic heterocycles. The third-order valence-electron chi connectivity index (χ3n) is 2.00. The maximum atomic E-state index is 12.4. The summed E-state index contributed by atoms with van der Waals surface area (Å²) < 4.78 is 37.1. The number of benzene rings is 1. The van der Waals surface area contributed by atoms with Crippen LogP contribution in [0, 0.1) is 0 Å². The van der Waals surface area contributed by atoms with Gasteiger partial charge in [0.15, 0.2) is 5.60 Å². The van der Waals surface area contributed by atoms with Gasteiger partial charge in [0.05, 0.1) is 0 Å². The molecule has 2 nitrogen and oxygen atoms in total. The fraction of sp³-hybridized carbons (Fsp3) is 0.333. The van der Waals surface area contributed by atoms with Gasteiger partial charge in [0, 0.05) is 5.69 Å². The second-order valence-electron chi connectivity index (χ2n) is 3.20. The summed E-state index contributed by atoms with van der Waals surface area (Å²) >= 11 is 0. The quantitative estimate of drug-likeness (QED) is 0.689. The molecule has 0 spiro atoms. The molecule has 1 aromatic carbocycles. The number of anilines is 1. The van der Waals surface area contributed by atoms with Gasteiger partial charge in [-0.05, 0) is 24.6 Å². The lowest BCUT2D eigenvalue weighted by molar-refractivity contribution is -0.258. The summed E-state index contributed by atoms with van der Waals surface area (Å²) in [6.45, 7) is 0.696. The molecule has 0 aliphatic rings. The Morgan fingerprint density at radius 1 is 1.29 bits per heavy atom. The predicted octanol–water partition coefficient (Wildman–Crippen LogP) is 2.04. The van der Waals surface area contributed by atoms with Crippen LogP contribution in [-0.4, -0.2) is 11.3 Å². The molecular weight excluding hydrogens is 195 g/mol. The Balaban J connectivity index is 3.16. The molecule has 0 aromatic heterocycles. The van der Waals surface area contributed by atoms with Gasteiger partial charge in [-0.2, -0.15) is 13.2 Å². The third kappa shape index (κ3) is 1.82. The van der Waals surface area contributed by atoms with Crippen molar-refractivity contribution in [3.05, 3.63) is 29.8 Å². The summed E-state index contributed by atoms with van der Waals surface area (Å²) in [5, 5.41) is 9.27. The van der Waals surface area contributed by atoms with Gasteiger partial charge in [-0.15, -0.1) is 0 Å². The van der Waals surface area contributed by atoms with Crippen molar-refractivity contribution < 1.29 is 18.3 Å². The van der Waals surface area contributed by atoms with Crippen LogP contribution >= 0.6 is 0 Å². The van der Waals surface area contributed by atoms with Gasteiger partial charge in [-0.3, -0.25) is 0 Å². The molecule has 0 aliphatic carbocycles. The van der Waals surface area contributed by atoms with Crippen LogP contribution in [0.15, 0.2) is 24.3 Å². The third-order valence-corrected chi connectivity index (χ3v) is 2.00. The van der Waals surface area contributed by atoms with E-state index >= 15 is 0 Å². The number of nitrogen functional groups attached to an aromatic ring is 1. The SMILES string of the molecule is C[C@@](O)(c1cccc(N)c1)C(F)(F)F. The van der Waals surface area contributed by atoms with E-state index in [1.165, 1.54) is 18.2 Å². The minimum absolute atomic E-state index is 0.187. The lowest BCUT2D eigenvalue weighted by Crippen LogP contribution is -2.39. The number of rotatable bonds is 1. The smallest absolute Gasteiger partial charge is 0.399 e. The van der Waals surface area contributed by atoms with Crippen molar-refractivity contribution in [2.24, 2.45) is 0 Å². The fourth-order valence-electron chi connectivity index (χ4n) is 1.01. The summed E-state index contributed by atoms with van der Waals surface area (Å²) in [4.78, 5) is 0. The van der Waals surface area contributed by atoms with Gasteiger partial charge < -0.3 is 10.8 Å². The molecule has 0 saturated carbocycles. The molecule has 1 aromatic rings. The average Bonchev–Trinajstić information content (AvgIpc) is 2.02. The summed E-state index contributed by atoms with van der Waals surface area (Å²) in [6.07, 6.45) is -4.71. The number of aliphatic hydroxyl groups is 1. The van der Waals surface area contributed by atoms with Gasteiger partial charge in [0.25, 0.3) is 0 Å². The van der Waals surface area contributed by atoms with Crippen LogP contribution in [0.3, 0.4) is 0 Å². The normalized spacial score (nSPS) is 16.4. The minimum atomic E-state index is -4.71. The molecule has 3 N–H and O–H groups in total. The highest BCUT2D eigenvalue weighted by Gasteiger charge is 2.51. The van der Waals surface area contributed by atoms with Crippen LogP contribution in [-0.2, 0) is 5.60 Å². The molecule has 1 rings (SSSR count). The van der Waals surface area contributed by atoms with E-state index in [0.29, 0.717) is 6.92 Å². The van der Waals surface area contributed by atoms with Crippen molar-refractivity contribution in [3.8, 4) is 0 Å². The van der Waals surface area contributed by atoms with E-state index in [2.05, 4.69) is 0 Å². The van der Waals surface area contributed by atoms with E-state index in [1.807, 2.05) is 0 Å². The van der Waals surface area contributed by atoms with Crippen LogP contribution in [0.4, 0.5) is 18.9 Å². The standard InChI is InChI=1S/C9H10F3NO/c1-8(14,9(10,11)12)6-3-2-4-7(13)5-6/h2-5,14H,13H2,1H3/t8-/m1/s1. The van der Waals surface area contributed by atoms with Crippen LogP contribution in [0.2, 0.25) is 0 Å². The van der Waals surface area contributed by atoms with E-state index in [4.69, 9.17) is 5.73 Å². The van der Waals surface area contributed by atoms with Crippen molar-refractivity contribution >= 4 is 5.69 Å². The topological polar surface area (TPSA) is 46.2 Å². The summed E-state index contributed by atoms with van der Waals surface area (Å²) in [5.41, 5.74) is 2.39. The zero-order valence-corrected chi connectivity index (χ0v) is 7.47. The molecule has 0 amide bonds. The van der Waals surface area contributed by atoms with E-state index in [-0.39, 0.29) is 11.3 Å². The molecule has 0 fully saturated rings. The van der Waals surface area contributed by atoms with Crippen molar-refractivity contribution in [2.45, 2.75) is 18.7 Å². The molecule has 5 heteroatoms. The van der Waals surface area contributed by atoms with Crippen LogP contribution in [0.25, 0.3) is 0 Å². The number of halogens is 3. The zero-order valence-electron chi connectivity index (χ0n) is 7.47. The average molecular weight is 205 g/mol. The lowest BCUT2D eigenvalue weighted by Gasteiger charge is -2.26. The Labute approximate surface area is 79.2 Å². The molecule has 0 heterocycles. The molecule has 14 heavy (non-hydrogen) atoms. The Morgan fingerprint density at radius 3 is 2.29 bits per heavy atom. The minimum Gasteiger partial charge on any atom is -0.399 e. The predicted molar refractivity (Wildman–Crippen MR) is 46.5 cm³/mol. The van der Waals surface area contributed by atoms with E-state index in [9.17, 15) is 18.3 Å².